The number of rotatable bonds is 5. The zero-order valence-electron chi connectivity index (χ0n) is 14.9. The lowest BCUT2D eigenvalue weighted by molar-refractivity contribution is -0.0468. The fourth-order valence-electron chi connectivity index (χ4n) is 3.92. The maximum Gasteiger partial charge on any atom is 0.123 e. The minimum atomic E-state index is -0.178. The number of halogens is 1. The highest BCUT2D eigenvalue weighted by Crippen LogP contribution is 2.37. The molecule has 2 aliphatic heterocycles. The standard InChI is InChI=1S/C21H25FN2O2/c22-19-5-3-17(4-6-19)14-24-10-7-21(8-11-24)12-20(16-26-21)25-15-18-2-1-9-23-13-18/h1-6,9,13,20H,7-8,10-12,14-16H2/t20-/m1/s1. The largest absolute Gasteiger partial charge is 0.372 e. The number of nitrogens with zero attached hydrogens (tertiary/aromatic N) is 2. The van der Waals surface area contributed by atoms with Crippen LogP contribution in [0.1, 0.15) is 30.4 Å². The van der Waals surface area contributed by atoms with E-state index in [1.54, 1.807) is 6.20 Å². The van der Waals surface area contributed by atoms with Gasteiger partial charge in [-0.2, -0.15) is 0 Å². The summed E-state index contributed by atoms with van der Waals surface area (Å²) < 4.78 is 25.2. The van der Waals surface area contributed by atoms with Gasteiger partial charge in [0.1, 0.15) is 5.82 Å². The molecule has 3 heterocycles. The van der Waals surface area contributed by atoms with Gasteiger partial charge in [-0.25, -0.2) is 4.39 Å². The monoisotopic (exact) mass is 356 g/mol. The molecule has 1 aromatic carbocycles. The fraction of sp³-hybridized carbons (Fsp3) is 0.476. The molecule has 1 aromatic heterocycles. The summed E-state index contributed by atoms with van der Waals surface area (Å²) in [5.74, 6) is -0.178. The molecule has 2 aromatic rings. The Morgan fingerprint density at radius 3 is 2.69 bits per heavy atom. The van der Waals surface area contributed by atoms with Gasteiger partial charge >= 0.3 is 0 Å². The van der Waals surface area contributed by atoms with Gasteiger partial charge in [0.15, 0.2) is 0 Å². The van der Waals surface area contributed by atoms with Crippen molar-refractivity contribution < 1.29 is 13.9 Å². The van der Waals surface area contributed by atoms with Gasteiger partial charge in [-0.05, 0) is 42.2 Å². The van der Waals surface area contributed by atoms with Crippen LogP contribution in [0, 0.1) is 5.82 Å². The zero-order chi connectivity index (χ0) is 17.8. The number of piperidine rings is 1. The summed E-state index contributed by atoms with van der Waals surface area (Å²) in [6.07, 6.45) is 6.81. The van der Waals surface area contributed by atoms with Crippen molar-refractivity contribution in [3.63, 3.8) is 0 Å². The Labute approximate surface area is 153 Å². The van der Waals surface area contributed by atoms with Gasteiger partial charge in [-0.15, -0.1) is 0 Å². The molecule has 0 N–H and O–H groups in total. The molecule has 26 heavy (non-hydrogen) atoms. The molecule has 2 aliphatic rings. The first kappa shape index (κ1) is 17.6. The van der Waals surface area contributed by atoms with Crippen LogP contribution < -0.4 is 0 Å². The van der Waals surface area contributed by atoms with Crippen molar-refractivity contribution in [3.05, 3.63) is 65.7 Å². The van der Waals surface area contributed by atoms with Crippen molar-refractivity contribution in [1.29, 1.82) is 0 Å². The second-order valence-electron chi connectivity index (χ2n) is 7.40. The van der Waals surface area contributed by atoms with E-state index in [9.17, 15) is 4.39 Å². The third-order valence-corrected chi connectivity index (χ3v) is 5.47. The van der Waals surface area contributed by atoms with Crippen LogP contribution in [0.2, 0.25) is 0 Å². The molecule has 0 amide bonds. The summed E-state index contributed by atoms with van der Waals surface area (Å²) in [7, 11) is 0. The first-order chi connectivity index (χ1) is 12.7. The molecule has 0 aliphatic carbocycles. The Hall–Kier alpha value is -1.82. The average Bonchev–Trinajstić information content (AvgIpc) is 3.08. The molecule has 1 atom stereocenters. The number of pyridine rings is 1. The third kappa shape index (κ3) is 4.29. The van der Waals surface area contributed by atoms with Gasteiger partial charge in [0, 0.05) is 38.4 Å². The lowest BCUT2D eigenvalue weighted by Crippen LogP contribution is -2.43. The highest BCUT2D eigenvalue weighted by Gasteiger charge is 2.43. The smallest absolute Gasteiger partial charge is 0.123 e. The highest BCUT2D eigenvalue weighted by atomic mass is 19.1. The first-order valence-electron chi connectivity index (χ1n) is 9.32. The van der Waals surface area contributed by atoms with Gasteiger partial charge < -0.3 is 9.47 Å². The Bertz CT molecular complexity index is 700. The molecule has 0 saturated carbocycles. The summed E-state index contributed by atoms with van der Waals surface area (Å²) in [4.78, 5) is 6.55. The summed E-state index contributed by atoms with van der Waals surface area (Å²) >= 11 is 0. The van der Waals surface area contributed by atoms with E-state index in [2.05, 4.69) is 9.88 Å². The molecular weight excluding hydrogens is 331 g/mol. The van der Waals surface area contributed by atoms with Crippen LogP contribution in [0.5, 0.6) is 0 Å². The zero-order valence-corrected chi connectivity index (χ0v) is 14.9. The van der Waals surface area contributed by atoms with E-state index in [1.165, 1.54) is 12.1 Å². The van der Waals surface area contributed by atoms with Crippen molar-refractivity contribution in [2.45, 2.75) is 44.1 Å². The first-order valence-corrected chi connectivity index (χ1v) is 9.32. The summed E-state index contributed by atoms with van der Waals surface area (Å²) in [6.45, 7) is 4.16. The van der Waals surface area contributed by atoms with Gasteiger partial charge in [0.25, 0.3) is 0 Å². The van der Waals surface area contributed by atoms with Crippen LogP contribution in [0.25, 0.3) is 0 Å². The lowest BCUT2D eigenvalue weighted by Gasteiger charge is -2.38. The minimum Gasteiger partial charge on any atom is -0.372 e. The Morgan fingerprint density at radius 1 is 1.15 bits per heavy atom. The third-order valence-electron chi connectivity index (χ3n) is 5.47. The molecule has 5 heteroatoms. The SMILES string of the molecule is Fc1ccc(CN2CCC3(CC2)C[C@@H](OCc2cccnc2)CO3)cc1. The number of hydrogen-bond donors (Lipinski definition) is 0. The van der Waals surface area contributed by atoms with E-state index in [-0.39, 0.29) is 17.5 Å². The van der Waals surface area contributed by atoms with Crippen molar-refractivity contribution in [3.8, 4) is 0 Å². The number of likely N-dealkylation sites (tertiary alicyclic amines) is 1. The second-order valence-corrected chi connectivity index (χ2v) is 7.40. The minimum absolute atomic E-state index is 0.0289. The van der Waals surface area contributed by atoms with Gasteiger partial charge in [-0.1, -0.05) is 18.2 Å². The highest BCUT2D eigenvalue weighted by molar-refractivity contribution is 5.16. The van der Waals surface area contributed by atoms with Crippen molar-refractivity contribution in [2.75, 3.05) is 19.7 Å². The van der Waals surface area contributed by atoms with Crippen molar-refractivity contribution in [2.24, 2.45) is 0 Å². The van der Waals surface area contributed by atoms with Crippen LogP contribution in [0.15, 0.2) is 48.8 Å². The van der Waals surface area contributed by atoms with E-state index < -0.39 is 0 Å². The van der Waals surface area contributed by atoms with Gasteiger partial charge in [-0.3, -0.25) is 9.88 Å². The number of ether oxygens (including phenoxy) is 2. The Kier molecular flexibility index (Phi) is 5.29. The molecule has 0 radical (unpaired) electrons. The molecule has 4 rings (SSSR count). The molecule has 1 spiro atoms. The van der Waals surface area contributed by atoms with Crippen LogP contribution in [-0.4, -0.2) is 41.3 Å². The summed E-state index contributed by atoms with van der Waals surface area (Å²) in [5, 5.41) is 0. The van der Waals surface area contributed by atoms with E-state index in [0.29, 0.717) is 13.2 Å². The lowest BCUT2D eigenvalue weighted by atomic mass is 9.88. The number of aromatic nitrogens is 1. The van der Waals surface area contributed by atoms with Crippen LogP contribution in [0.3, 0.4) is 0 Å². The second kappa shape index (κ2) is 7.82. The molecule has 138 valence electrons. The molecular formula is C21H25FN2O2. The maximum atomic E-state index is 13.0. The van der Waals surface area contributed by atoms with Crippen LogP contribution in [-0.2, 0) is 22.6 Å². The maximum absolute atomic E-state index is 13.0. The summed E-state index contributed by atoms with van der Waals surface area (Å²) in [6, 6.07) is 10.8. The van der Waals surface area contributed by atoms with E-state index in [1.807, 2.05) is 30.5 Å². The van der Waals surface area contributed by atoms with Crippen molar-refractivity contribution in [1.82, 2.24) is 9.88 Å². The normalized spacial score (nSPS) is 22.7. The van der Waals surface area contributed by atoms with Gasteiger partial charge in [0.2, 0.25) is 0 Å². The average molecular weight is 356 g/mol. The topological polar surface area (TPSA) is 34.6 Å². The molecule has 2 fully saturated rings. The quantitative estimate of drug-likeness (QED) is 0.820. The summed E-state index contributed by atoms with van der Waals surface area (Å²) in [5.41, 5.74) is 2.23. The van der Waals surface area contributed by atoms with Gasteiger partial charge in [0.05, 0.1) is 24.9 Å². The van der Waals surface area contributed by atoms with E-state index in [4.69, 9.17) is 9.47 Å². The predicted molar refractivity (Wildman–Crippen MR) is 97.0 cm³/mol. The van der Waals surface area contributed by atoms with E-state index >= 15 is 0 Å². The predicted octanol–water partition coefficient (Wildman–Crippen LogP) is 3.56. The molecule has 2 saturated heterocycles. The molecule has 0 bridgehead atoms. The van der Waals surface area contributed by atoms with Crippen LogP contribution >= 0.6 is 0 Å². The van der Waals surface area contributed by atoms with Crippen LogP contribution in [0.4, 0.5) is 4.39 Å². The molecule has 0 unspecified atom stereocenters. The molecule has 4 nitrogen and oxygen atoms in total. The van der Waals surface area contributed by atoms with Crippen molar-refractivity contribution >= 4 is 0 Å². The Morgan fingerprint density at radius 2 is 1.96 bits per heavy atom. The van der Waals surface area contributed by atoms with E-state index in [0.717, 1.165) is 50.0 Å². The number of hydrogen-bond acceptors (Lipinski definition) is 4. The number of benzene rings is 1. The fourth-order valence-corrected chi connectivity index (χ4v) is 3.92. The Balaban J connectivity index is 1.24.